The quantitative estimate of drug-likeness (QED) is 0.800. The van der Waals surface area contributed by atoms with E-state index in [0.29, 0.717) is 12.5 Å². The highest BCUT2D eigenvalue weighted by molar-refractivity contribution is 9.10. The lowest BCUT2D eigenvalue weighted by Crippen LogP contribution is -2.28. The number of carboxylic acids is 1. The molecule has 21 heavy (non-hydrogen) atoms. The van der Waals surface area contributed by atoms with Crippen LogP contribution in [0, 0.1) is 5.92 Å². The monoisotopic (exact) mass is 395 g/mol. The molecule has 1 aliphatic carbocycles. The molecule has 2 rings (SSSR count). The maximum Gasteiger partial charge on any atom is 0.337 e. The maximum atomic E-state index is 12.3. The summed E-state index contributed by atoms with van der Waals surface area (Å²) in [5.74, 6) is -0.914. The molecule has 0 atom stereocenters. The number of benzene rings is 1. The van der Waals surface area contributed by atoms with Crippen molar-refractivity contribution in [2.75, 3.05) is 6.54 Å². The smallest absolute Gasteiger partial charge is 0.337 e. The Morgan fingerprint density at radius 2 is 2.00 bits per heavy atom. The molecule has 0 amide bonds. The normalized spacial score (nSPS) is 16.3. The first-order valence-electron chi connectivity index (χ1n) is 6.53. The van der Waals surface area contributed by atoms with E-state index < -0.39 is 16.0 Å². The minimum absolute atomic E-state index is 0.0164. The molecule has 5 nitrogen and oxygen atoms in total. The summed E-state index contributed by atoms with van der Waals surface area (Å²) in [6.07, 6.45) is 4.30. The van der Waals surface area contributed by atoms with Gasteiger partial charge >= 0.3 is 5.97 Å². The minimum Gasteiger partial charge on any atom is -0.478 e. The van der Waals surface area contributed by atoms with Crippen LogP contribution in [0.2, 0.25) is 5.02 Å². The van der Waals surface area contributed by atoms with Crippen molar-refractivity contribution in [1.29, 1.82) is 0 Å². The first kappa shape index (κ1) is 16.7. The number of aromatic carboxylic acids is 1. The van der Waals surface area contributed by atoms with Gasteiger partial charge < -0.3 is 5.11 Å². The molecule has 1 aromatic rings. The van der Waals surface area contributed by atoms with Crippen LogP contribution in [-0.4, -0.2) is 26.0 Å². The van der Waals surface area contributed by atoms with Crippen LogP contribution in [0.3, 0.4) is 0 Å². The zero-order valence-corrected chi connectivity index (χ0v) is 14.3. The number of nitrogens with one attached hydrogen (secondary N) is 1. The minimum atomic E-state index is -3.75. The Hall–Kier alpha value is -0.630. The molecule has 0 radical (unpaired) electrons. The summed E-state index contributed by atoms with van der Waals surface area (Å²) in [5.41, 5.74) is -0.243. The summed E-state index contributed by atoms with van der Waals surface area (Å²) in [5, 5.41) is 9.05. The first-order valence-corrected chi connectivity index (χ1v) is 9.18. The van der Waals surface area contributed by atoms with Crippen LogP contribution in [0.5, 0.6) is 0 Å². The molecule has 1 saturated carbocycles. The molecule has 1 fully saturated rings. The number of sulfonamides is 1. The van der Waals surface area contributed by atoms with Crippen LogP contribution in [0.25, 0.3) is 0 Å². The fraction of sp³-hybridized carbons (Fsp3) is 0.462. The van der Waals surface area contributed by atoms with Gasteiger partial charge in [-0.15, -0.1) is 0 Å². The van der Waals surface area contributed by atoms with Gasteiger partial charge in [-0.05, 0) is 46.8 Å². The molecule has 0 spiro atoms. The van der Waals surface area contributed by atoms with E-state index >= 15 is 0 Å². The molecular weight excluding hydrogens is 382 g/mol. The van der Waals surface area contributed by atoms with Gasteiger partial charge in [0, 0.05) is 11.0 Å². The van der Waals surface area contributed by atoms with Gasteiger partial charge in [-0.1, -0.05) is 24.4 Å². The second kappa shape index (κ2) is 6.64. The predicted octanol–water partition coefficient (Wildman–Crippen LogP) is 3.27. The van der Waals surface area contributed by atoms with E-state index in [2.05, 4.69) is 20.7 Å². The van der Waals surface area contributed by atoms with Crippen molar-refractivity contribution in [2.45, 2.75) is 30.6 Å². The molecule has 8 heteroatoms. The number of hydrogen-bond acceptors (Lipinski definition) is 3. The number of halogens is 2. The molecule has 116 valence electrons. The maximum absolute atomic E-state index is 12.3. The Kier molecular flexibility index (Phi) is 5.29. The Bertz CT molecular complexity index is 656. The fourth-order valence-electron chi connectivity index (χ4n) is 2.40. The number of rotatable bonds is 5. The molecule has 0 heterocycles. The van der Waals surface area contributed by atoms with Crippen molar-refractivity contribution in [3.8, 4) is 0 Å². The highest BCUT2D eigenvalue weighted by Gasteiger charge is 2.23. The Balaban J connectivity index is 2.24. The van der Waals surface area contributed by atoms with E-state index in [4.69, 9.17) is 16.7 Å². The lowest BCUT2D eigenvalue weighted by Gasteiger charge is -2.12. The zero-order chi connectivity index (χ0) is 15.6. The largest absolute Gasteiger partial charge is 0.478 e. The summed E-state index contributed by atoms with van der Waals surface area (Å²) < 4.78 is 27.3. The van der Waals surface area contributed by atoms with Gasteiger partial charge in [0.15, 0.2) is 0 Å². The molecule has 0 aliphatic heterocycles. The van der Waals surface area contributed by atoms with E-state index in [1.807, 2.05) is 0 Å². The molecule has 1 aromatic carbocycles. The van der Waals surface area contributed by atoms with Crippen molar-refractivity contribution >= 4 is 43.5 Å². The standard InChI is InChI=1S/C13H15BrClNO4S/c14-11-6-9(5-10(12(11)15)13(17)18)21(19,20)16-7-8-3-1-2-4-8/h5-6,8,16H,1-4,7H2,(H,17,18). The predicted molar refractivity (Wildman–Crippen MR) is 83.3 cm³/mol. The third kappa shape index (κ3) is 3.97. The molecule has 0 unspecified atom stereocenters. The lowest BCUT2D eigenvalue weighted by molar-refractivity contribution is 0.0696. The van der Waals surface area contributed by atoms with Crippen molar-refractivity contribution in [1.82, 2.24) is 4.72 Å². The van der Waals surface area contributed by atoms with Crippen LogP contribution in [0.15, 0.2) is 21.5 Å². The van der Waals surface area contributed by atoms with Crippen molar-refractivity contribution in [3.63, 3.8) is 0 Å². The van der Waals surface area contributed by atoms with Crippen LogP contribution in [0.4, 0.5) is 0 Å². The van der Waals surface area contributed by atoms with E-state index in [-0.39, 0.29) is 20.0 Å². The summed E-state index contributed by atoms with van der Waals surface area (Å²) in [7, 11) is -3.75. The van der Waals surface area contributed by atoms with Crippen molar-refractivity contribution in [3.05, 3.63) is 27.2 Å². The molecule has 0 aromatic heterocycles. The second-order valence-electron chi connectivity index (χ2n) is 5.07. The lowest BCUT2D eigenvalue weighted by atomic mass is 10.1. The first-order chi connectivity index (χ1) is 9.81. The summed E-state index contributed by atoms with van der Waals surface area (Å²) in [6, 6.07) is 2.39. The van der Waals surface area contributed by atoms with Gasteiger partial charge in [0.2, 0.25) is 10.0 Å². The topological polar surface area (TPSA) is 83.5 Å². The number of carboxylic acid groups (broad SMARTS) is 1. The Labute approximate surface area is 136 Å². The average molecular weight is 397 g/mol. The van der Waals surface area contributed by atoms with Gasteiger partial charge in [-0.25, -0.2) is 17.9 Å². The molecule has 0 saturated heterocycles. The summed E-state index contributed by atoms with van der Waals surface area (Å²) in [6.45, 7) is 0.380. The average Bonchev–Trinajstić information content (AvgIpc) is 2.92. The molecule has 0 bridgehead atoms. The van der Waals surface area contributed by atoms with Crippen molar-refractivity contribution < 1.29 is 18.3 Å². The SMILES string of the molecule is O=C(O)c1cc(S(=O)(=O)NCC2CCCC2)cc(Br)c1Cl. The van der Waals surface area contributed by atoms with Gasteiger partial charge in [-0.2, -0.15) is 0 Å². The highest BCUT2D eigenvalue weighted by atomic mass is 79.9. The fourth-order valence-corrected chi connectivity index (χ4v) is 4.37. The summed E-state index contributed by atoms with van der Waals surface area (Å²) in [4.78, 5) is 11.0. The van der Waals surface area contributed by atoms with Gasteiger partial charge in [0.05, 0.1) is 15.5 Å². The van der Waals surface area contributed by atoms with Gasteiger partial charge in [0.1, 0.15) is 0 Å². The third-order valence-corrected chi connectivity index (χ3v) is 6.24. The molecule has 2 N–H and O–H groups in total. The van der Waals surface area contributed by atoms with Crippen LogP contribution in [-0.2, 0) is 10.0 Å². The molecule has 1 aliphatic rings. The van der Waals surface area contributed by atoms with Gasteiger partial charge in [-0.3, -0.25) is 0 Å². The van der Waals surface area contributed by atoms with E-state index in [1.54, 1.807) is 0 Å². The van der Waals surface area contributed by atoms with Crippen molar-refractivity contribution in [2.24, 2.45) is 5.92 Å². The van der Waals surface area contributed by atoms with Crippen LogP contribution < -0.4 is 4.72 Å². The number of carbonyl (C=O) groups is 1. The van der Waals surface area contributed by atoms with E-state index in [9.17, 15) is 13.2 Å². The highest BCUT2D eigenvalue weighted by Crippen LogP contribution is 2.30. The summed E-state index contributed by atoms with van der Waals surface area (Å²) >= 11 is 8.94. The van der Waals surface area contributed by atoms with E-state index in [0.717, 1.165) is 31.7 Å². The molecular formula is C13H15BrClNO4S. The van der Waals surface area contributed by atoms with E-state index in [1.165, 1.54) is 6.07 Å². The number of hydrogen-bond donors (Lipinski definition) is 2. The zero-order valence-electron chi connectivity index (χ0n) is 11.1. The third-order valence-electron chi connectivity index (χ3n) is 3.58. The Morgan fingerprint density at radius 3 is 2.57 bits per heavy atom. The Morgan fingerprint density at radius 1 is 1.38 bits per heavy atom. The second-order valence-corrected chi connectivity index (χ2v) is 8.07. The van der Waals surface area contributed by atoms with Crippen LogP contribution in [0.1, 0.15) is 36.0 Å². The van der Waals surface area contributed by atoms with Gasteiger partial charge in [0.25, 0.3) is 0 Å². The van der Waals surface area contributed by atoms with Crippen LogP contribution >= 0.6 is 27.5 Å².